The summed E-state index contributed by atoms with van der Waals surface area (Å²) in [5.41, 5.74) is 1.12. The van der Waals surface area contributed by atoms with Crippen LogP contribution in [0.1, 0.15) is 0 Å². The van der Waals surface area contributed by atoms with Crippen LogP contribution in [0.25, 0.3) is 0 Å². The lowest BCUT2D eigenvalue weighted by molar-refractivity contribution is -0.133. The average Bonchev–Trinajstić information content (AvgIpc) is 2.67. The summed E-state index contributed by atoms with van der Waals surface area (Å²) >= 11 is 12.1. The van der Waals surface area contributed by atoms with Gasteiger partial charge in [0.2, 0.25) is 0 Å². The maximum Gasteiger partial charge on any atom is 0.260 e. The molecule has 0 aromatic heterocycles. The van der Waals surface area contributed by atoms with Crippen LogP contribution in [-0.2, 0) is 4.79 Å². The van der Waals surface area contributed by atoms with E-state index < -0.39 is 0 Å². The number of nitrogens with zero attached hydrogens (tertiary/aromatic N) is 2. The zero-order valence-corrected chi connectivity index (χ0v) is 16.0. The Kier molecular flexibility index (Phi) is 6.12. The molecule has 1 amide bonds. The van der Waals surface area contributed by atoms with E-state index in [-0.39, 0.29) is 12.5 Å². The predicted octanol–water partition coefficient (Wildman–Crippen LogP) is 3.73. The Bertz CT molecular complexity index is 740. The second-order valence-electron chi connectivity index (χ2n) is 5.91. The number of anilines is 1. The Hall–Kier alpha value is -2.11. The first-order valence-electron chi connectivity index (χ1n) is 8.32. The van der Waals surface area contributed by atoms with Gasteiger partial charge in [0.05, 0.1) is 17.2 Å². The molecule has 2 aromatic rings. The maximum absolute atomic E-state index is 12.4. The highest BCUT2D eigenvalue weighted by molar-refractivity contribution is 6.37. The van der Waals surface area contributed by atoms with Gasteiger partial charge < -0.3 is 19.3 Å². The second kappa shape index (κ2) is 8.52. The van der Waals surface area contributed by atoms with Gasteiger partial charge in [0.25, 0.3) is 5.91 Å². The van der Waals surface area contributed by atoms with Crippen LogP contribution < -0.4 is 14.4 Å². The molecule has 0 radical (unpaired) electrons. The van der Waals surface area contributed by atoms with Crippen molar-refractivity contribution in [3.8, 4) is 11.5 Å². The quantitative estimate of drug-likeness (QED) is 0.774. The molecule has 0 spiro atoms. The molecule has 7 heteroatoms. The minimum atomic E-state index is -0.0774. The normalized spacial score (nSPS) is 14.3. The maximum atomic E-state index is 12.4. The Labute approximate surface area is 163 Å². The smallest absolute Gasteiger partial charge is 0.260 e. The van der Waals surface area contributed by atoms with Crippen molar-refractivity contribution in [2.24, 2.45) is 0 Å². The van der Waals surface area contributed by atoms with E-state index in [0.717, 1.165) is 24.5 Å². The summed E-state index contributed by atoms with van der Waals surface area (Å²) in [6, 6.07) is 13.0. The largest absolute Gasteiger partial charge is 0.497 e. The lowest BCUT2D eigenvalue weighted by Gasteiger charge is -2.36. The van der Waals surface area contributed by atoms with Crippen molar-refractivity contribution in [2.75, 3.05) is 44.8 Å². The molecule has 0 atom stereocenters. The summed E-state index contributed by atoms with van der Waals surface area (Å²) in [5.74, 6) is 1.11. The highest BCUT2D eigenvalue weighted by Crippen LogP contribution is 2.32. The van der Waals surface area contributed by atoms with Crippen LogP contribution in [0, 0.1) is 0 Å². The van der Waals surface area contributed by atoms with Crippen LogP contribution in [0.5, 0.6) is 11.5 Å². The third-order valence-corrected chi connectivity index (χ3v) is 4.92. The fourth-order valence-corrected chi connectivity index (χ4v) is 3.36. The molecule has 26 heavy (non-hydrogen) atoms. The summed E-state index contributed by atoms with van der Waals surface area (Å²) in [5, 5.41) is 0.796. The van der Waals surface area contributed by atoms with E-state index in [2.05, 4.69) is 4.90 Å². The third kappa shape index (κ3) is 4.34. The van der Waals surface area contributed by atoms with Gasteiger partial charge >= 0.3 is 0 Å². The molecule has 0 N–H and O–H groups in total. The number of rotatable bonds is 5. The summed E-state index contributed by atoms with van der Waals surface area (Å²) in [7, 11) is 1.65. The van der Waals surface area contributed by atoms with Gasteiger partial charge in [-0.25, -0.2) is 0 Å². The number of benzene rings is 2. The molecular weight excluding hydrogens is 375 g/mol. The fourth-order valence-electron chi connectivity index (χ4n) is 2.85. The molecule has 138 valence electrons. The fraction of sp³-hybridized carbons (Fsp3) is 0.316. The molecule has 3 rings (SSSR count). The lowest BCUT2D eigenvalue weighted by atomic mass is 10.2. The summed E-state index contributed by atoms with van der Waals surface area (Å²) in [4.78, 5) is 16.4. The number of halogens is 2. The summed E-state index contributed by atoms with van der Waals surface area (Å²) < 4.78 is 10.7. The molecule has 0 unspecified atom stereocenters. The lowest BCUT2D eigenvalue weighted by Crippen LogP contribution is -2.50. The molecule has 0 aliphatic carbocycles. The van der Waals surface area contributed by atoms with Crippen LogP contribution >= 0.6 is 23.2 Å². The van der Waals surface area contributed by atoms with Crippen LogP contribution in [0.2, 0.25) is 10.0 Å². The zero-order chi connectivity index (χ0) is 18.5. The van der Waals surface area contributed by atoms with Crippen LogP contribution in [0.15, 0.2) is 42.5 Å². The number of hydrogen-bond donors (Lipinski definition) is 0. The Morgan fingerprint density at radius 2 is 1.62 bits per heavy atom. The van der Waals surface area contributed by atoms with Gasteiger partial charge in [0, 0.05) is 31.9 Å². The predicted molar refractivity (Wildman–Crippen MR) is 104 cm³/mol. The van der Waals surface area contributed by atoms with E-state index >= 15 is 0 Å². The minimum Gasteiger partial charge on any atom is -0.497 e. The molecule has 2 aromatic carbocycles. The first-order valence-corrected chi connectivity index (χ1v) is 9.07. The average molecular weight is 395 g/mol. The number of hydrogen-bond acceptors (Lipinski definition) is 4. The van der Waals surface area contributed by atoms with Crippen LogP contribution in [0.4, 0.5) is 5.69 Å². The topological polar surface area (TPSA) is 42.0 Å². The molecule has 5 nitrogen and oxygen atoms in total. The van der Waals surface area contributed by atoms with E-state index in [1.807, 2.05) is 24.3 Å². The highest BCUT2D eigenvalue weighted by atomic mass is 35.5. The molecule has 1 aliphatic rings. The molecular formula is C19H20Cl2N2O3. The van der Waals surface area contributed by atoms with Crippen molar-refractivity contribution < 1.29 is 14.3 Å². The number of para-hydroxylation sites is 1. The number of piperazine rings is 1. The summed E-state index contributed by atoms with van der Waals surface area (Å²) in [6.07, 6.45) is 0. The highest BCUT2D eigenvalue weighted by Gasteiger charge is 2.22. The second-order valence-corrected chi connectivity index (χ2v) is 6.72. The zero-order valence-electron chi connectivity index (χ0n) is 14.5. The number of ether oxygens (including phenoxy) is 2. The standard InChI is InChI=1S/C19H20Cl2N2O3/c1-25-15-7-5-14(6-8-15)22-9-11-23(12-10-22)18(24)13-26-19-16(20)3-2-4-17(19)21/h2-8H,9-13H2,1H3. The summed E-state index contributed by atoms with van der Waals surface area (Å²) in [6.45, 7) is 2.75. The SMILES string of the molecule is COc1ccc(N2CCN(C(=O)COc3c(Cl)cccc3Cl)CC2)cc1. The van der Waals surface area contributed by atoms with E-state index in [1.54, 1.807) is 30.2 Å². The van der Waals surface area contributed by atoms with E-state index in [1.165, 1.54) is 0 Å². The molecule has 1 aliphatic heterocycles. The number of carbonyl (C=O) groups is 1. The van der Waals surface area contributed by atoms with Crippen molar-refractivity contribution >= 4 is 34.8 Å². The van der Waals surface area contributed by atoms with Crippen molar-refractivity contribution in [3.05, 3.63) is 52.5 Å². The number of methoxy groups -OCH3 is 1. The molecule has 1 heterocycles. The van der Waals surface area contributed by atoms with E-state index in [4.69, 9.17) is 32.7 Å². The molecule has 1 fully saturated rings. The number of amides is 1. The Morgan fingerprint density at radius 1 is 1.00 bits per heavy atom. The van der Waals surface area contributed by atoms with Gasteiger partial charge in [-0.2, -0.15) is 0 Å². The van der Waals surface area contributed by atoms with Gasteiger partial charge in [0.1, 0.15) is 5.75 Å². The van der Waals surface area contributed by atoms with Crippen LogP contribution in [-0.4, -0.2) is 50.7 Å². The third-order valence-electron chi connectivity index (χ3n) is 4.33. The first-order chi connectivity index (χ1) is 12.6. The minimum absolute atomic E-state index is 0.0737. The first kappa shape index (κ1) is 18.7. The number of carbonyl (C=O) groups excluding carboxylic acids is 1. The molecule has 1 saturated heterocycles. The molecule has 0 saturated carbocycles. The van der Waals surface area contributed by atoms with Crippen LogP contribution in [0.3, 0.4) is 0 Å². The van der Waals surface area contributed by atoms with Crippen molar-refractivity contribution in [2.45, 2.75) is 0 Å². The molecule has 0 bridgehead atoms. The Balaban J connectivity index is 1.51. The van der Waals surface area contributed by atoms with Gasteiger partial charge in [-0.1, -0.05) is 29.3 Å². The van der Waals surface area contributed by atoms with Gasteiger partial charge in [0.15, 0.2) is 12.4 Å². The Morgan fingerprint density at radius 3 is 2.19 bits per heavy atom. The van der Waals surface area contributed by atoms with E-state index in [0.29, 0.717) is 28.9 Å². The van der Waals surface area contributed by atoms with Crippen molar-refractivity contribution in [3.63, 3.8) is 0 Å². The monoisotopic (exact) mass is 394 g/mol. The van der Waals surface area contributed by atoms with Crippen molar-refractivity contribution in [1.29, 1.82) is 0 Å². The van der Waals surface area contributed by atoms with E-state index in [9.17, 15) is 4.79 Å². The van der Waals surface area contributed by atoms with Gasteiger partial charge in [-0.15, -0.1) is 0 Å². The van der Waals surface area contributed by atoms with Crippen molar-refractivity contribution in [1.82, 2.24) is 4.90 Å². The van der Waals surface area contributed by atoms with Gasteiger partial charge in [-0.05, 0) is 36.4 Å². The van der Waals surface area contributed by atoms with Gasteiger partial charge in [-0.3, -0.25) is 4.79 Å².